The highest BCUT2D eigenvalue weighted by molar-refractivity contribution is 6.32. The van der Waals surface area contributed by atoms with E-state index in [1.165, 1.54) is 0 Å². The van der Waals surface area contributed by atoms with Crippen LogP contribution in [0.4, 0.5) is 0 Å². The van der Waals surface area contributed by atoms with E-state index in [9.17, 15) is 0 Å². The number of hydrogen-bond acceptors (Lipinski definition) is 3. The van der Waals surface area contributed by atoms with Gasteiger partial charge in [-0.1, -0.05) is 11.6 Å². The maximum atomic E-state index is 6.10. The van der Waals surface area contributed by atoms with Gasteiger partial charge in [-0.25, -0.2) is 9.50 Å². The maximum absolute atomic E-state index is 6.10. The number of methoxy groups -OCH3 is 1. The summed E-state index contributed by atoms with van der Waals surface area (Å²) >= 11 is 6.10. The van der Waals surface area contributed by atoms with E-state index < -0.39 is 0 Å². The van der Waals surface area contributed by atoms with Crippen molar-refractivity contribution in [3.63, 3.8) is 0 Å². The van der Waals surface area contributed by atoms with E-state index in [4.69, 9.17) is 16.3 Å². The number of halogens is 1. The molecule has 0 aliphatic heterocycles. The van der Waals surface area contributed by atoms with Gasteiger partial charge < -0.3 is 4.74 Å². The molecule has 2 aromatic heterocycles. The van der Waals surface area contributed by atoms with Crippen LogP contribution in [0.15, 0.2) is 42.7 Å². The molecule has 3 aromatic rings. The van der Waals surface area contributed by atoms with Gasteiger partial charge in [-0.2, -0.15) is 5.10 Å². The molecule has 0 unspecified atom stereocenters. The molecule has 18 heavy (non-hydrogen) atoms. The van der Waals surface area contributed by atoms with Crippen LogP contribution < -0.4 is 4.74 Å². The second-order valence-corrected chi connectivity index (χ2v) is 4.21. The maximum Gasteiger partial charge on any atom is 0.153 e. The van der Waals surface area contributed by atoms with Crippen LogP contribution in [0.5, 0.6) is 5.75 Å². The minimum Gasteiger partial charge on any atom is -0.495 e. The predicted octanol–water partition coefficient (Wildman–Crippen LogP) is 3.06. The monoisotopic (exact) mass is 259 g/mol. The fraction of sp³-hybridized carbons (Fsp3) is 0.0769. The zero-order valence-corrected chi connectivity index (χ0v) is 10.4. The first kappa shape index (κ1) is 11.0. The van der Waals surface area contributed by atoms with Crippen molar-refractivity contribution in [2.75, 3.05) is 7.11 Å². The third-order valence-corrected chi connectivity index (χ3v) is 3.00. The van der Waals surface area contributed by atoms with Crippen molar-refractivity contribution in [1.29, 1.82) is 0 Å². The molecule has 0 aliphatic rings. The standard InChI is InChI=1S/C13H10ClN3O/c1-18-12-4-2-9(8-10(12)14)11-3-5-13-15-6-7-17(13)16-11/h2-8H,1H3. The summed E-state index contributed by atoms with van der Waals surface area (Å²) < 4.78 is 6.86. The van der Waals surface area contributed by atoms with Crippen LogP contribution in [0, 0.1) is 0 Å². The fourth-order valence-electron chi connectivity index (χ4n) is 1.79. The van der Waals surface area contributed by atoms with Gasteiger partial charge in [0.1, 0.15) is 5.75 Å². The highest BCUT2D eigenvalue weighted by Crippen LogP contribution is 2.29. The van der Waals surface area contributed by atoms with E-state index in [1.54, 1.807) is 17.8 Å². The number of hydrogen-bond donors (Lipinski definition) is 0. The summed E-state index contributed by atoms with van der Waals surface area (Å²) in [5.41, 5.74) is 2.60. The molecule has 4 nitrogen and oxygen atoms in total. The van der Waals surface area contributed by atoms with Crippen LogP contribution in [0.1, 0.15) is 0 Å². The smallest absolute Gasteiger partial charge is 0.153 e. The van der Waals surface area contributed by atoms with E-state index in [2.05, 4.69) is 10.1 Å². The van der Waals surface area contributed by atoms with Crippen molar-refractivity contribution in [2.24, 2.45) is 0 Å². The van der Waals surface area contributed by atoms with E-state index in [0.29, 0.717) is 10.8 Å². The zero-order chi connectivity index (χ0) is 12.5. The Labute approximate surface area is 109 Å². The molecule has 1 aromatic carbocycles. The SMILES string of the molecule is COc1ccc(-c2ccc3nccn3n2)cc1Cl. The average molecular weight is 260 g/mol. The third kappa shape index (κ3) is 1.80. The fourth-order valence-corrected chi connectivity index (χ4v) is 2.05. The molecule has 90 valence electrons. The number of benzene rings is 1. The number of rotatable bonds is 2. The second kappa shape index (κ2) is 4.31. The molecule has 0 N–H and O–H groups in total. The summed E-state index contributed by atoms with van der Waals surface area (Å²) in [6, 6.07) is 9.43. The van der Waals surface area contributed by atoms with Crippen LogP contribution in [0.2, 0.25) is 5.02 Å². The highest BCUT2D eigenvalue weighted by Gasteiger charge is 2.06. The first-order valence-corrected chi connectivity index (χ1v) is 5.80. The molecule has 0 saturated heterocycles. The van der Waals surface area contributed by atoms with Gasteiger partial charge in [-0.3, -0.25) is 0 Å². The van der Waals surface area contributed by atoms with Crippen molar-refractivity contribution in [3.8, 4) is 17.0 Å². The van der Waals surface area contributed by atoms with Gasteiger partial charge in [0, 0.05) is 18.0 Å². The summed E-state index contributed by atoms with van der Waals surface area (Å²) in [6.45, 7) is 0. The predicted molar refractivity (Wildman–Crippen MR) is 70.0 cm³/mol. The molecule has 5 heteroatoms. The summed E-state index contributed by atoms with van der Waals surface area (Å²) in [5.74, 6) is 0.657. The van der Waals surface area contributed by atoms with Gasteiger partial charge in [-0.15, -0.1) is 0 Å². The normalized spacial score (nSPS) is 10.8. The number of imidazole rings is 1. The van der Waals surface area contributed by atoms with Crippen LogP contribution >= 0.6 is 11.6 Å². The van der Waals surface area contributed by atoms with Gasteiger partial charge in [0.05, 0.1) is 17.8 Å². The molecule has 2 heterocycles. The van der Waals surface area contributed by atoms with Crippen LogP contribution in [-0.4, -0.2) is 21.7 Å². The highest BCUT2D eigenvalue weighted by atomic mass is 35.5. The Balaban J connectivity index is 2.10. The Morgan fingerprint density at radius 2 is 2.11 bits per heavy atom. The van der Waals surface area contributed by atoms with Gasteiger partial charge in [-0.05, 0) is 30.3 Å². The molecule has 0 bridgehead atoms. The lowest BCUT2D eigenvalue weighted by atomic mass is 10.1. The molecule has 0 amide bonds. The van der Waals surface area contributed by atoms with E-state index in [-0.39, 0.29) is 0 Å². The summed E-state index contributed by atoms with van der Waals surface area (Å²) in [6.07, 6.45) is 3.52. The molecule has 3 rings (SSSR count). The van der Waals surface area contributed by atoms with Crippen LogP contribution in [0.25, 0.3) is 16.9 Å². The van der Waals surface area contributed by atoms with Crippen molar-refractivity contribution in [1.82, 2.24) is 14.6 Å². The Bertz CT molecular complexity index is 708. The third-order valence-electron chi connectivity index (χ3n) is 2.70. The van der Waals surface area contributed by atoms with Gasteiger partial charge in [0.25, 0.3) is 0 Å². The summed E-state index contributed by atoms with van der Waals surface area (Å²) in [4.78, 5) is 4.15. The minimum absolute atomic E-state index is 0.572. The topological polar surface area (TPSA) is 39.4 Å². The first-order valence-electron chi connectivity index (χ1n) is 5.42. The van der Waals surface area contributed by atoms with Crippen molar-refractivity contribution in [2.45, 2.75) is 0 Å². The van der Waals surface area contributed by atoms with E-state index in [0.717, 1.165) is 16.9 Å². The quantitative estimate of drug-likeness (QED) is 0.710. The lowest BCUT2D eigenvalue weighted by Crippen LogP contribution is -1.93. The van der Waals surface area contributed by atoms with E-state index in [1.807, 2.05) is 36.5 Å². The summed E-state index contributed by atoms with van der Waals surface area (Å²) in [7, 11) is 1.59. The van der Waals surface area contributed by atoms with Crippen molar-refractivity contribution in [3.05, 3.63) is 47.7 Å². The molecule has 0 saturated carbocycles. The van der Waals surface area contributed by atoms with Gasteiger partial charge >= 0.3 is 0 Å². The lowest BCUT2D eigenvalue weighted by Gasteiger charge is -2.06. The number of aromatic nitrogens is 3. The second-order valence-electron chi connectivity index (χ2n) is 3.80. The molecule has 0 aliphatic carbocycles. The van der Waals surface area contributed by atoms with Crippen LogP contribution in [0.3, 0.4) is 0 Å². The zero-order valence-electron chi connectivity index (χ0n) is 9.67. The van der Waals surface area contributed by atoms with E-state index >= 15 is 0 Å². The molecule has 0 atom stereocenters. The van der Waals surface area contributed by atoms with Gasteiger partial charge in [0.2, 0.25) is 0 Å². The Morgan fingerprint density at radius 1 is 1.22 bits per heavy atom. The number of fused-ring (bicyclic) bond motifs is 1. The van der Waals surface area contributed by atoms with Crippen LogP contribution in [-0.2, 0) is 0 Å². The Kier molecular flexibility index (Phi) is 2.64. The molecule has 0 radical (unpaired) electrons. The summed E-state index contributed by atoms with van der Waals surface area (Å²) in [5, 5.41) is 5.03. The van der Waals surface area contributed by atoms with Crippen molar-refractivity contribution < 1.29 is 4.74 Å². The van der Waals surface area contributed by atoms with Gasteiger partial charge in [0.15, 0.2) is 5.65 Å². The number of nitrogens with zero attached hydrogens (tertiary/aromatic N) is 3. The lowest BCUT2D eigenvalue weighted by molar-refractivity contribution is 0.415. The van der Waals surface area contributed by atoms with Crippen molar-refractivity contribution >= 4 is 17.2 Å². The first-order chi connectivity index (χ1) is 8.78. The molecule has 0 fully saturated rings. The minimum atomic E-state index is 0.572. The largest absolute Gasteiger partial charge is 0.495 e. The molecular weight excluding hydrogens is 250 g/mol. The molecule has 0 spiro atoms. The average Bonchev–Trinajstić information content (AvgIpc) is 2.85. The Morgan fingerprint density at radius 3 is 2.89 bits per heavy atom. The number of ether oxygens (including phenoxy) is 1. The Hall–Kier alpha value is -2.07. The molecular formula is C13H10ClN3O.